The molecule has 3 aromatic rings. The summed E-state index contributed by atoms with van der Waals surface area (Å²) in [7, 11) is 0. The summed E-state index contributed by atoms with van der Waals surface area (Å²) < 4.78 is 11.3. The van der Waals surface area contributed by atoms with Crippen LogP contribution in [0.1, 0.15) is 22.6 Å². The molecule has 0 N–H and O–H groups in total. The van der Waals surface area contributed by atoms with E-state index in [1.165, 1.54) is 0 Å². The molecule has 0 aliphatic carbocycles. The third-order valence-electron chi connectivity index (χ3n) is 3.49. The smallest absolute Gasteiger partial charge is 0.154 e. The standard InChI is InChI=1S/C16H16N2O2/c1-9-5-15(19-11(9)3)13-7-18-14(8-17-13)16-6-10(2)12(4)20-16/h5-8H,1-4H3. The molecule has 0 aromatic carbocycles. The van der Waals surface area contributed by atoms with Crippen molar-refractivity contribution >= 4 is 0 Å². The van der Waals surface area contributed by atoms with Gasteiger partial charge in [0.2, 0.25) is 0 Å². The van der Waals surface area contributed by atoms with Crippen LogP contribution in [0.4, 0.5) is 0 Å². The van der Waals surface area contributed by atoms with Gasteiger partial charge in [0, 0.05) is 0 Å². The zero-order valence-electron chi connectivity index (χ0n) is 12.0. The molecule has 0 aliphatic rings. The normalized spacial score (nSPS) is 11.0. The molecular weight excluding hydrogens is 252 g/mol. The summed E-state index contributed by atoms with van der Waals surface area (Å²) in [4.78, 5) is 8.80. The molecule has 0 saturated carbocycles. The van der Waals surface area contributed by atoms with E-state index >= 15 is 0 Å². The Hall–Kier alpha value is -2.36. The second-order valence-electron chi connectivity index (χ2n) is 4.99. The van der Waals surface area contributed by atoms with E-state index in [9.17, 15) is 0 Å². The fourth-order valence-electron chi connectivity index (χ4n) is 1.98. The third-order valence-corrected chi connectivity index (χ3v) is 3.49. The van der Waals surface area contributed by atoms with Crippen LogP contribution in [0.2, 0.25) is 0 Å². The number of aryl methyl sites for hydroxylation is 4. The summed E-state index contributed by atoms with van der Waals surface area (Å²) in [6.07, 6.45) is 3.42. The van der Waals surface area contributed by atoms with E-state index in [2.05, 4.69) is 9.97 Å². The SMILES string of the molecule is Cc1cc(-c2cnc(-c3cc(C)c(C)o3)cn2)oc1C. The molecule has 0 amide bonds. The number of hydrogen-bond acceptors (Lipinski definition) is 4. The lowest BCUT2D eigenvalue weighted by Gasteiger charge is -1.98. The highest BCUT2D eigenvalue weighted by Crippen LogP contribution is 2.26. The van der Waals surface area contributed by atoms with Gasteiger partial charge in [-0.3, -0.25) is 0 Å². The van der Waals surface area contributed by atoms with Gasteiger partial charge in [-0.15, -0.1) is 0 Å². The lowest BCUT2D eigenvalue weighted by atomic mass is 10.2. The van der Waals surface area contributed by atoms with Gasteiger partial charge in [0.15, 0.2) is 11.5 Å². The van der Waals surface area contributed by atoms with Gasteiger partial charge in [0.25, 0.3) is 0 Å². The van der Waals surface area contributed by atoms with Crippen molar-refractivity contribution in [2.45, 2.75) is 27.7 Å². The van der Waals surface area contributed by atoms with Gasteiger partial charge in [0.1, 0.15) is 22.9 Å². The van der Waals surface area contributed by atoms with Crippen LogP contribution in [0.15, 0.2) is 33.4 Å². The molecular formula is C16H16N2O2. The van der Waals surface area contributed by atoms with E-state index in [4.69, 9.17) is 8.83 Å². The zero-order chi connectivity index (χ0) is 14.3. The summed E-state index contributed by atoms with van der Waals surface area (Å²) in [6, 6.07) is 3.94. The maximum absolute atomic E-state index is 5.64. The largest absolute Gasteiger partial charge is 0.459 e. The van der Waals surface area contributed by atoms with Crippen LogP contribution in [0.3, 0.4) is 0 Å². The van der Waals surface area contributed by atoms with E-state index in [-0.39, 0.29) is 0 Å². The first-order chi connectivity index (χ1) is 9.54. The van der Waals surface area contributed by atoms with E-state index in [1.54, 1.807) is 12.4 Å². The average Bonchev–Trinajstić information content (AvgIpc) is 2.94. The lowest BCUT2D eigenvalue weighted by Crippen LogP contribution is -1.87. The minimum atomic E-state index is 0.727. The maximum Gasteiger partial charge on any atom is 0.154 e. The average molecular weight is 268 g/mol. The van der Waals surface area contributed by atoms with Gasteiger partial charge in [0.05, 0.1) is 12.4 Å². The molecule has 102 valence electrons. The van der Waals surface area contributed by atoms with E-state index < -0.39 is 0 Å². The fraction of sp³-hybridized carbons (Fsp3) is 0.250. The highest BCUT2D eigenvalue weighted by Gasteiger charge is 2.11. The first-order valence-electron chi connectivity index (χ1n) is 6.51. The number of furan rings is 2. The van der Waals surface area contributed by atoms with Gasteiger partial charge < -0.3 is 8.83 Å². The van der Waals surface area contributed by atoms with Crippen LogP contribution < -0.4 is 0 Å². The van der Waals surface area contributed by atoms with Crippen molar-refractivity contribution in [2.75, 3.05) is 0 Å². The molecule has 3 heterocycles. The van der Waals surface area contributed by atoms with Crippen LogP contribution in [-0.2, 0) is 0 Å². The highest BCUT2D eigenvalue weighted by molar-refractivity contribution is 5.57. The van der Waals surface area contributed by atoms with Crippen LogP contribution in [0, 0.1) is 27.7 Å². The van der Waals surface area contributed by atoms with Gasteiger partial charge in [-0.25, -0.2) is 9.97 Å². The maximum atomic E-state index is 5.64. The molecule has 0 aliphatic heterocycles. The van der Waals surface area contributed by atoms with Gasteiger partial charge in [-0.2, -0.15) is 0 Å². The Morgan fingerprint density at radius 3 is 1.35 bits per heavy atom. The lowest BCUT2D eigenvalue weighted by molar-refractivity contribution is 0.540. The van der Waals surface area contributed by atoms with Crippen molar-refractivity contribution < 1.29 is 8.83 Å². The molecule has 4 heteroatoms. The molecule has 3 aromatic heterocycles. The predicted octanol–water partition coefficient (Wildman–Crippen LogP) is 4.23. The van der Waals surface area contributed by atoms with Crippen molar-refractivity contribution in [1.82, 2.24) is 9.97 Å². The Bertz CT molecular complexity index is 647. The summed E-state index contributed by atoms with van der Waals surface area (Å²) in [5, 5.41) is 0. The van der Waals surface area contributed by atoms with Crippen LogP contribution in [-0.4, -0.2) is 9.97 Å². The molecule has 0 radical (unpaired) electrons. The van der Waals surface area contributed by atoms with Crippen LogP contribution in [0.5, 0.6) is 0 Å². The summed E-state index contributed by atoms with van der Waals surface area (Å²) >= 11 is 0. The summed E-state index contributed by atoms with van der Waals surface area (Å²) in [5.41, 5.74) is 3.68. The molecule has 0 fully saturated rings. The minimum Gasteiger partial charge on any atom is -0.459 e. The molecule has 20 heavy (non-hydrogen) atoms. The second-order valence-corrected chi connectivity index (χ2v) is 4.99. The Kier molecular flexibility index (Phi) is 2.93. The number of rotatable bonds is 2. The van der Waals surface area contributed by atoms with Gasteiger partial charge in [-0.1, -0.05) is 0 Å². The quantitative estimate of drug-likeness (QED) is 0.698. The summed E-state index contributed by atoms with van der Waals surface area (Å²) in [5.74, 6) is 3.29. The summed E-state index contributed by atoms with van der Waals surface area (Å²) in [6.45, 7) is 7.90. The van der Waals surface area contributed by atoms with Crippen molar-refractivity contribution in [1.29, 1.82) is 0 Å². The number of nitrogens with zero attached hydrogens (tertiary/aromatic N) is 2. The van der Waals surface area contributed by atoms with E-state index in [0.29, 0.717) is 0 Å². The Labute approximate surface area is 117 Å². The first-order valence-corrected chi connectivity index (χ1v) is 6.51. The molecule has 0 saturated heterocycles. The van der Waals surface area contributed by atoms with Gasteiger partial charge >= 0.3 is 0 Å². The Morgan fingerprint density at radius 2 is 1.10 bits per heavy atom. The van der Waals surface area contributed by atoms with Crippen molar-refractivity contribution in [2.24, 2.45) is 0 Å². The number of hydrogen-bond donors (Lipinski definition) is 0. The van der Waals surface area contributed by atoms with Crippen molar-refractivity contribution in [3.8, 4) is 22.9 Å². The molecule has 0 bridgehead atoms. The van der Waals surface area contributed by atoms with E-state index in [0.717, 1.165) is 45.6 Å². The monoisotopic (exact) mass is 268 g/mol. The predicted molar refractivity (Wildman–Crippen MR) is 76.4 cm³/mol. The Balaban J connectivity index is 1.95. The Morgan fingerprint density at radius 1 is 0.700 bits per heavy atom. The van der Waals surface area contributed by atoms with Crippen molar-refractivity contribution in [3.63, 3.8) is 0 Å². The fourth-order valence-corrected chi connectivity index (χ4v) is 1.98. The molecule has 0 spiro atoms. The highest BCUT2D eigenvalue weighted by atomic mass is 16.3. The molecule has 3 rings (SSSR count). The first kappa shape index (κ1) is 12.7. The molecule has 0 unspecified atom stereocenters. The van der Waals surface area contributed by atoms with Crippen molar-refractivity contribution in [3.05, 3.63) is 47.2 Å². The zero-order valence-corrected chi connectivity index (χ0v) is 12.0. The molecule has 4 nitrogen and oxygen atoms in total. The van der Waals surface area contributed by atoms with E-state index in [1.807, 2.05) is 39.8 Å². The van der Waals surface area contributed by atoms with Gasteiger partial charge in [-0.05, 0) is 51.0 Å². The number of aromatic nitrogens is 2. The van der Waals surface area contributed by atoms with Crippen LogP contribution in [0.25, 0.3) is 22.9 Å². The van der Waals surface area contributed by atoms with Crippen LogP contribution >= 0.6 is 0 Å². The minimum absolute atomic E-state index is 0.727. The topological polar surface area (TPSA) is 52.1 Å². The third kappa shape index (κ3) is 2.13. The molecule has 0 atom stereocenters. The second kappa shape index (κ2) is 4.63.